The predicted molar refractivity (Wildman–Crippen MR) is 87.5 cm³/mol. The van der Waals surface area contributed by atoms with Crippen LogP contribution in [0, 0.1) is 12.7 Å². The van der Waals surface area contributed by atoms with E-state index in [1.54, 1.807) is 6.92 Å². The highest BCUT2D eigenvalue weighted by atomic mass is 19.1. The van der Waals surface area contributed by atoms with Gasteiger partial charge in [-0.05, 0) is 49.1 Å². The summed E-state index contributed by atoms with van der Waals surface area (Å²) in [5.41, 5.74) is 2.18. The molecule has 2 aromatic carbocycles. The molecule has 4 nitrogen and oxygen atoms in total. The third-order valence-electron chi connectivity index (χ3n) is 3.41. The van der Waals surface area contributed by atoms with Crippen LogP contribution in [0.25, 0.3) is 0 Å². The summed E-state index contributed by atoms with van der Waals surface area (Å²) in [6.07, 6.45) is 1.58. The maximum atomic E-state index is 13.0. The molecule has 0 unspecified atom stereocenters. The zero-order chi connectivity index (χ0) is 16.7. The van der Waals surface area contributed by atoms with E-state index in [1.165, 1.54) is 23.8 Å². The average molecular weight is 314 g/mol. The highest BCUT2D eigenvalue weighted by Gasteiger charge is 2.14. The Hall–Kier alpha value is -2.69. The monoisotopic (exact) mass is 314 g/mol. The Morgan fingerprint density at radius 1 is 1.04 bits per heavy atom. The van der Waals surface area contributed by atoms with E-state index in [1.807, 2.05) is 30.3 Å². The number of carbonyl (C=O) groups excluding carboxylic acids is 2. The Labute approximate surface area is 134 Å². The summed E-state index contributed by atoms with van der Waals surface area (Å²) < 4.78 is 13.0. The second kappa shape index (κ2) is 8.08. The van der Waals surface area contributed by atoms with Gasteiger partial charge in [-0.3, -0.25) is 9.59 Å². The maximum absolute atomic E-state index is 13.0. The first-order valence-corrected chi connectivity index (χ1v) is 7.45. The van der Waals surface area contributed by atoms with Gasteiger partial charge in [0.25, 0.3) is 0 Å². The van der Waals surface area contributed by atoms with Crippen LogP contribution in [-0.4, -0.2) is 18.4 Å². The number of rotatable bonds is 5. The molecule has 5 heteroatoms. The van der Waals surface area contributed by atoms with Gasteiger partial charge in [0.15, 0.2) is 0 Å². The van der Waals surface area contributed by atoms with Gasteiger partial charge in [0.1, 0.15) is 5.82 Å². The Morgan fingerprint density at radius 3 is 2.48 bits per heavy atom. The molecule has 2 rings (SSSR count). The summed E-state index contributed by atoms with van der Waals surface area (Å²) in [4.78, 5) is 23.5. The van der Waals surface area contributed by atoms with Crippen molar-refractivity contribution in [3.8, 4) is 0 Å². The van der Waals surface area contributed by atoms with E-state index >= 15 is 0 Å². The minimum Gasteiger partial charge on any atom is -0.348 e. The molecule has 2 N–H and O–H groups in total. The van der Waals surface area contributed by atoms with E-state index in [0.717, 1.165) is 12.8 Å². The molecule has 0 aliphatic carbocycles. The number of anilines is 1. The lowest BCUT2D eigenvalue weighted by Crippen LogP contribution is -2.36. The van der Waals surface area contributed by atoms with Gasteiger partial charge < -0.3 is 10.6 Å². The number of benzene rings is 2. The van der Waals surface area contributed by atoms with Crippen molar-refractivity contribution in [3.63, 3.8) is 0 Å². The Kier molecular flexibility index (Phi) is 5.86. The van der Waals surface area contributed by atoms with Crippen molar-refractivity contribution < 1.29 is 14.0 Å². The molecular formula is C18H19FN2O2. The fraction of sp³-hybridized carbons (Fsp3) is 0.222. The number of hydrogen-bond donors (Lipinski definition) is 2. The number of nitrogens with one attached hydrogen (secondary N) is 2. The molecule has 0 aliphatic heterocycles. The standard InChI is InChI=1S/C18H19FN2O2/c1-13-12-15(19)9-10-16(13)21-18(23)17(22)20-11-5-8-14-6-3-2-4-7-14/h2-4,6-7,9-10,12H,5,8,11H2,1H3,(H,20,22)(H,21,23). The third kappa shape index (κ3) is 5.21. The third-order valence-corrected chi connectivity index (χ3v) is 3.41. The molecule has 0 saturated carbocycles. The molecule has 2 amide bonds. The number of amides is 2. The van der Waals surface area contributed by atoms with Crippen LogP contribution in [0.1, 0.15) is 17.5 Å². The lowest BCUT2D eigenvalue weighted by molar-refractivity contribution is -0.136. The topological polar surface area (TPSA) is 58.2 Å². The van der Waals surface area contributed by atoms with Gasteiger partial charge in [0, 0.05) is 12.2 Å². The molecule has 23 heavy (non-hydrogen) atoms. The maximum Gasteiger partial charge on any atom is 0.313 e. The zero-order valence-corrected chi connectivity index (χ0v) is 12.9. The molecule has 0 aromatic heterocycles. The van der Waals surface area contributed by atoms with Gasteiger partial charge in [-0.1, -0.05) is 30.3 Å². The van der Waals surface area contributed by atoms with Crippen LogP contribution in [-0.2, 0) is 16.0 Å². The minimum absolute atomic E-state index is 0.383. The molecule has 2 aromatic rings. The van der Waals surface area contributed by atoms with Gasteiger partial charge in [-0.25, -0.2) is 4.39 Å². The van der Waals surface area contributed by atoms with Crippen molar-refractivity contribution in [1.29, 1.82) is 0 Å². The predicted octanol–water partition coefficient (Wildman–Crippen LogP) is 2.82. The van der Waals surface area contributed by atoms with Gasteiger partial charge >= 0.3 is 11.8 Å². The van der Waals surface area contributed by atoms with Crippen molar-refractivity contribution >= 4 is 17.5 Å². The van der Waals surface area contributed by atoms with Gasteiger partial charge in [-0.15, -0.1) is 0 Å². The van der Waals surface area contributed by atoms with E-state index in [0.29, 0.717) is 17.8 Å². The number of carbonyl (C=O) groups is 2. The first-order chi connectivity index (χ1) is 11.1. The molecule has 0 saturated heterocycles. The fourth-order valence-electron chi connectivity index (χ4n) is 2.17. The van der Waals surface area contributed by atoms with Crippen LogP contribution >= 0.6 is 0 Å². The van der Waals surface area contributed by atoms with Crippen LogP contribution in [0.4, 0.5) is 10.1 Å². The summed E-state index contributed by atoms with van der Waals surface area (Å²) >= 11 is 0. The summed E-state index contributed by atoms with van der Waals surface area (Å²) in [7, 11) is 0. The summed E-state index contributed by atoms with van der Waals surface area (Å²) in [6.45, 7) is 2.08. The second-order valence-electron chi connectivity index (χ2n) is 5.26. The van der Waals surface area contributed by atoms with Crippen molar-refractivity contribution in [1.82, 2.24) is 5.32 Å². The molecule has 0 fully saturated rings. The van der Waals surface area contributed by atoms with Crippen LogP contribution in [0.3, 0.4) is 0 Å². The van der Waals surface area contributed by atoms with Crippen LogP contribution in [0.2, 0.25) is 0 Å². The van der Waals surface area contributed by atoms with Gasteiger partial charge in [0.2, 0.25) is 0 Å². The SMILES string of the molecule is Cc1cc(F)ccc1NC(=O)C(=O)NCCCc1ccccc1. The lowest BCUT2D eigenvalue weighted by Gasteiger charge is -2.09. The molecule has 0 aliphatic rings. The average Bonchev–Trinajstić information content (AvgIpc) is 2.55. The molecular weight excluding hydrogens is 295 g/mol. The van der Waals surface area contributed by atoms with Crippen molar-refractivity contribution in [2.24, 2.45) is 0 Å². The molecule has 0 heterocycles. The van der Waals surface area contributed by atoms with Gasteiger partial charge in [-0.2, -0.15) is 0 Å². The van der Waals surface area contributed by atoms with E-state index in [-0.39, 0.29) is 5.82 Å². The fourth-order valence-corrected chi connectivity index (χ4v) is 2.17. The van der Waals surface area contributed by atoms with Crippen LogP contribution in [0.5, 0.6) is 0 Å². The quantitative estimate of drug-likeness (QED) is 0.658. The Morgan fingerprint density at radius 2 is 1.78 bits per heavy atom. The molecule has 0 bridgehead atoms. The molecule has 0 atom stereocenters. The minimum atomic E-state index is -0.751. The zero-order valence-electron chi connectivity index (χ0n) is 12.9. The molecule has 0 spiro atoms. The van der Waals surface area contributed by atoms with Gasteiger partial charge in [0.05, 0.1) is 0 Å². The highest BCUT2D eigenvalue weighted by molar-refractivity contribution is 6.39. The van der Waals surface area contributed by atoms with Crippen molar-refractivity contribution in [2.75, 3.05) is 11.9 Å². The number of aryl methyl sites for hydroxylation is 2. The first-order valence-electron chi connectivity index (χ1n) is 7.45. The highest BCUT2D eigenvalue weighted by Crippen LogP contribution is 2.15. The number of halogens is 1. The van der Waals surface area contributed by atoms with E-state index in [4.69, 9.17) is 0 Å². The van der Waals surface area contributed by atoms with E-state index in [9.17, 15) is 14.0 Å². The van der Waals surface area contributed by atoms with Crippen LogP contribution in [0.15, 0.2) is 48.5 Å². The Bertz CT molecular complexity index is 687. The van der Waals surface area contributed by atoms with Crippen molar-refractivity contribution in [2.45, 2.75) is 19.8 Å². The summed E-state index contributed by atoms with van der Waals surface area (Å²) in [5.74, 6) is -1.83. The number of hydrogen-bond acceptors (Lipinski definition) is 2. The lowest BCUT2D eigenvalue weighted by atomic mass is 10.1. The van der Waals surface area contributed by atoms with E-state index in [2.05, 4.69) is 10.6 Å². The smallest absolute Gasteiger partial charge is 0.313 e. The van der Waals surface area contributed by atoms with Crippen LogP contribution < -0.4 is 10.6 Å². The first kappa shape index (κ1) is 16.7. The summed E-state index contributed by atoms with van der Waals surface area (Å²) in [6, 6.07) is 13.9. The van der Waals surface area contributed by atoms with Crippen molar-refractivity contribution in [3.05, 3.63) is 65.5 Å². The summed E-state index contributed by atoms with van der Waals surface area (Å²) in [5, 5.41) is 5.06. The van der Waals surface area contributed by atoms with E-state index < -0.39 is 11.8 Å². The largest absolute Gasteiger partial charge is 0.348 e. The molecule has 120 valence electrons. The Balaban J connectivity index is 1.75. The second-order valence-corrected chi connectivity index (χ2v) is 5.26. The normalized spacial score (nSPS) is 10.2. The molecule has 0 radical (unpaired) electrons.